The van der Waals surface area contributed by atoms with Crippen molar-refractivity contribution in [2.24, 2.45) is 0 Å². The van der Waals surface area contributed by atoms with Gasteiger partial charge >= 0.3 is 6.18 Å². The van der Waals surface area contributed by atoms with Gasteiger partial charge in [-0.15, -0.1) is 0 Å². The summed E-state index contributed by atoms with van der Waals surface area (Å²) in [6.45, 7) is 0. The first-order valence-electron chi connectivity index (χ1n) is 5.70. The summed E-state index contributed by atoms with van der Waals surface area (Å²) in [6, 6.07) is 8.21. The molecule has 0 heterocycles. The van der Waals surface area contributed by atoms with E-state index in [4.69, 9.17) is 5.73 Å². The van der Waals surface area contributed by atoms with E-state index in [1.807, 2.05) is 0 Å². The van der Waals surface area contributed by atoms with Crippen LogP contribution in [0.25, 0.3) is 0 Å². The summed E-state index contributed by atoms with van der Waals surface area (Å²) in [5.74, 6) is -0.786. The van der Waals surface area contributed by atoms with Crippen LogP contribution in [0.5, 0.6) is 0 Å². The van der Waals surface area contributed by atoms with Crippen molar-refractivity contribution in [3.63, 3.8) is 0 Å². The second-order valence-corrected chi connectivity index (χ2v) is 4.23. The number of alkyl halides is 3. The number of halogens is 4. The first-order chi connectivity index (χ1) is 9.32. The molecule has 0 fully saturated rings. The van der Waals surface area contributed by atoms with E-state index in [9.17, 15) is 22.7 Å². The zero-order chi connectivity index (χ0) is 14.9. The van der Waals surface area contributed by atoms with Crippen molar-refractivity contribution < 1.29 is 22.7 Å². The number of hydrogen-bond donors (Lipinski definition) is 2. The van der Waals surface area contributed by atoms with Gasteiger partial charge in [-0.2, -0.15) is 13.2 Å². The quantitative estimate of drug-likeness (QED) is 0.655. The van der Waals surface area contributed by atoms with Gasteiger partial charge in [0.05, 0.1) is 11.3 Å². The second kappa shape index (κ2) is 5.13. The van der Waals surface area contributed by atoms with E-state index in [-0.39, 0.29) is 16.8 Å². The predicted molar refractivity (Wildman–Crippen MR) is 66.3 cm³/mol. The van der Waals surface area contributed by atoms with E-state index < -0.39 is 23.7 Å². The van der Waals surface area contributed by atoms with Gasteiger partial charge in [0.25, 0.3) is 0 Å². The fraction of sp³-hybridized carbons (Fsp3) is 0.143. The maximum Gasteiger partial charge on any atom is 0.416 e. The number of hydrogen-bond acceptors (Lipinski definition) is 2. The number of aliphatic hydroxyl groups excluding tert-OH is 1. The van der Waals surface area contributed by atoms with Crippen LogP contribution in [0.3, 0.4) is 0 Å². The molecule has 0 spiro atoms. The molecule has 2 rings (SSSR count). The molecule has 0 saturated heterocycles. The molecule has 6 heteroatoms. The molecule has 2 nitrogen and oxygen atoms in total. The Hall–Kier alpha value is -2.08. The Labute approximate surface area is 112 Å². The van der Waals surface area contributed by atoms with Crippen LogP contribution in [0.2, 0.25) is 0 Å². The molecule has 0 saturated carbocycles. The third-order valence-electron chi connectivity index (χ3n) is 2.94. The highest BCUT2D eigenvalue weighted by atomic mass is 19.4. The highest BCUT2D eigenvalue weighted by Crippen LogP contribution is 2.37. The molecule has 0 aromatic heterocycles. The average molecular weight is 285 g/mol. The van der Waals surface area contributed by atoms with E-state index in [2.05, 4.69) is 0 Å². The van der Waals surface area contributed by atoms with Crippen LogP contribution >= 0.6 is 0 Å². The molecule has 1 unspecified atom stereocenters. The van der Waals surface area contributed by atoms with Crippen molar-refractivity contribution >= 4 is 5.69 Å². The first kappa shape index (κ1) is 14.3. The van der Waals surface area contributed by atoms with Gasteiger partial charge in [-0.3, -0.25) is 0 Å². The van der Waals surface area contributed by atoms with Crippen LogP contribution in [-0.2, 0) is 6.18 Å². The lowest BCUT2D eigenvalue weighted by Crippen LogP contribution is -2.13. The molecule has 0 radical (unpaired) electrons. The van der Waals surface area contributed by atoms with Gasteiger partial charge in [0.2, 0.25) is 0 Å². The van der Waals surface area contributed by atoms with E-state index >= 15 is 0 Å². The molecule has 0 aliphatic rings. The number of nitrogens with two attached hydrogens (primary N) is 1. The normalized spacial score (nSPS) is 13.2. The minimum absolute atomic E-state index is 0.0956. The van der Waals surface area contributed by atoms with Crippen molar-refractivity contribution in [1.29, 1.82) is 0 Å². The Morgan fingerprint density at radius 2 is 1.55 bits per heavy atom. The third-order valence-corrected chi connectivity index (χ3v) is 2.94. The minimum Gasteiger partial charge on any atom is -0.396 e. The molecule has 20 heavy (non-hydrogen) atoms. The molecular weight excluding hydrogens is 274 g/mol. The lowest BCUT2D eigenvalue weighted by Gasteiger charge is -2.19. The summed E-state index contributed by atoms with van der Waals surface area (Å²) in [6.07, 6.45) is -6.26. The standard InChI is InChI=1S/C14H11F4NO/c15-11-7-3-5-9(12(11)19)13(20)8-4-1-2-6-10(8)14(16,17)18/h1-7,13,20H,19H2. The van der Waals surface area contributed by atoms with Crippen LogP contribution in [0.15, 0.2) is 42.5 Å². The van der Waals surface area contributed by atoms with Crippen LogP contribution in [0.4, 0.5) is 23.2 Å². The first-order valence-corrected chi connectivity index (χ1v) is 5.70. The van der Waals surface area contributed by atoms with Gasteiger partial charge < -0.3 is 10.8 Å². The van der Waals surface area contributed by atoms with E-state index in [1.54, 1.807) is 0 Å². The van der Waals surface area contributed by atoms with Gasteiger partial charge in [0.15, 0.2) is 0 Å². The predicted octanol–water partition coefficient (Wildman–Crippen LogP) is 3.51. The molecule has 3 N–H and O–H groups in total. The maximum atomic E-state index is 13.3. The number of para-hydroxylation sites is 1. The molecule has 0 aliphatic carbocycles. The number of anilines is 1. The monoisotopic (exact) mass is 285 g/mol. The van der Waals surface area contributed by atoms with E-state index in [1.165, 1.54) is 24.3 Å². The van der Waals surface area contributed by atoms with Crippen molar-refractivity contribution in [2.75, 3.05) is 5.73 Å². The minimum atomic E-state index is -4.61. The van der Waals surface area contributed by atoms with Crippen molar-refractivity contribution in [2.45, 2.75) is 12.3 Å². The summed E-state index contributed by atoms with van der Waals surface area (Å²) in [5, 5.41) is 10.1. The molecule has 0 aliphatic heterocycles. The summed E-state index contributed by atoms with van der Waals surface area (Å²) < 4.78 is 52.0. The van der Waals surface area contributed by atoms with Gasteiger partial charge in [0, 0.05) is 5.56 Å². The van der Waals surface area contributed by atoms with Crippen molar-refractivity contribution in [1.82, 2.24) is 0 Å². The lowest BCUT2D eigenvalue weighted by molar-refractivity contribution is -0.139. The van der Waals surface area contributed by atoms with Gasteiger partial charge in [0.1, 0.15) is 11.9 Å². The molecule has 106 valence electrons. The Morgan fingerprint density at radius 1 is 0.950 bits per heavy atom. The molecule has 0 amide bonds. The van der Waals surface area contributed by atoms with Crippen LogP contribution in [-0.4, -0.2) is 5.11 Å². The lowest BCUT2D eigenvalue weighted by atomic mass is 9.95. The largest absolute Gasteiger partial charge is 0.416 e. The highest BCUT2D eigenvalue weighted by molar-refractivity contribution is 5.52. The fourth-order valence-corrected chi connectivity index (χ4v) is 1.95. The average Bonchev–Trinajstić information content (AvgIpc) is 2.40. The highest BCUT2D eigenvalue weighted by Gasteiger charge is 2.35. The Morgan fingerprint density at radius 3 is 2.20 bits per heavy atom. The summed E-state index contributed by atoms with van der Waals surface area (Å²) in [5.41, 5.74) is 3.66. The zero-order valence-corrected chi connectivity index (χ0v) is 10.2. The third kappa shape index (κ3) is 2.60. The zero-order valence-electron chi connectivity index (χ0n) is 10.2. The Balaban J connectivity index is 2.55. The maximum absolute atomic E-state index is 13.3. The number of rotatable bonds is 2. The fourth-order valence-electron chi connectivity index (χ4n) is 1.95. The van der Waals surface area contributed by atoms with E-state index in [0.29, 0.717) is 0 Å². The summed E-state index contributed by atoms with van der Waals surface area (Å²) >= 11 is 0. The SMILES string of the molecule is Nc1c(F)cccc1C(O)c1ccccc1C(F)(F)F. The molecule has 1 atom stereocenters. The van der Waals surface area contributed by atoms with Gasteiger partial charge in [-0.25, -0.2) is 4.39 Å². The topological polar surface area (TPSA) is 46.2 Å². The van der Waals surface area contributed by atoms with Crippen LogP contribution in [0.1, 0.15) is 22.8 Å². The molecule has 0 bridgehead atoms. The van der Waals surface area contributed by atoms with Crippen LogP contribution in [0, 0.1) is 5.82 Å². The molecule has 2 aromatic rings. The van der Waals surface area contributed by atoms with E-state index in [0.717, 1.165) is 18.2 Å². The number of benzene rings is 2. The van der Waals surface area contributed by atoms with Gasteiger partial charge in [-0.05, 0) is 17.7 Å². The Kier molecular flexibility index (Phi) is 3.67. The van der Waals surface area contributed by atoms with Crippen molar-refractivity contribution in [3.8, 4) is 0 Å². The van der Waals surface area contributed by atoms with Gasteiger partial charge in [-0.1, -0.05) is 30.3 Å². The second-order valence-electron chi connectivity index (χ2n) is 4.23. The number of aliphatic hydroxyl groups is 1. The van der Waals surface area contributed by atoms with Crippen molar-refractivity contribution in [3.05, 3.63) is 65.0 Å². The summed E-state index contributed by atoms with van der Waals surface area (Å²) in [7, 11) is 0. The molecule has 2 aromatic carbocycles. The smallest absolute Gasteiger partial charge is 0.396 e. The molecular formula is C14H11F4NO. The van der Waals surface area contributed by atoms with Crippen LogP contribution < -0.4 is 5.73 Å². The number of nitrogen functional groups attached to an aromatic ring is 1. The Bertz CT molecular complexity index is 625. The summed E-state index contributed by atoms with van der Waals surface area (Å²) in [4.78, 5) is 0.